The van der Waals surface area contributed by atoms with Crippen molar-refractivity contribution in [2.45, 2.75) is 6.16 Å². The van der Waals surface area contributed by atoms with Gasteiger partial charge in [-0.15, -0.1) is 0 Å². The van der Waals surface area contributed by atoms with E-state index in [0.29, 0.717) is 17.2 Å². The van der Waals surface area contributed by atoms with Crippen molar-refractivity contribution in [1.82, 2.24) is 15.3 Å². The number of nitrogens with zero attached hydrogens (tertiary/aromatic N) is 3. The van der Waals surface area contributed by atoms with Crippen molar-refractivity contribution in [2.75, 3.05) is 0 Å². The summed E-state index contributed by atoms with van der Waals surface area (Å²) in [6.07, 6.45) is 0.416. The fourth-order valence-electron chi connectivity index (χ4n) is 8.76. The third-order valence-electron chi connectivity index (χ3n) is 11.6. The second-order valence-corrected chi connectivity index (χ2v) is 23.6. The van der Waals surface area contributed by atoms with Gasteiger partial charge in [0.05, 0.1) is 0 Å². The van der Waals surface area contributed by atoms with Crippen LogP contribution in [-0.2, 0) is 6.16 Å². The number of aromatic nitrogens is 3. The standard InChI is InChI=1S/C52H35ClN3OPS2/c53-58(37-20-4-1-5-21-37,38-22-6-2-7-23-38,39-24-8-3-9-25-39)34-44-49(47-32-30-45(59-47)42-28-14-18-35-16-10-12-26-40(35)42)51-52(56-57-55-51)50(54-44)48-33-31-46(60-48)43-29-15-19-36-17-11-13-27-41(36)43/h1-33H,34H2. The average Bonchev–Trinajstić information content (AvgIpc) is 4.12. The zero-order valence-electron chi connectivity index (χ0n) is 32.2. The van der Waals surface area contributed by atoms with Crippen molar-refractivity contribution in [3.8, 4) is 41.9 Å². The minimum absolute atomic E-state index is 0.416. The Morgan fingerprint density at radius 2 is 0.867 bits per heavy atom. The van der Waals surface area contributed by atoms with Crippen LogP contribution in [0.15, 0.2) is 205 Å². The molecule has 0 aliphatic heterocycles. The summed E-state index contributed by atoms with van der Waals surface area (Å²) >= 11 is 12.3. The molecule has 4 nitrogen and oxygen atoms in total. The van der Waals surface area contributed by atoms with Gasteiger partial charge in [0, 0.05) is 0 Å². The normalized spacial score (nSPS) is 12.5. The Kier molecular flexibility index (Phi) is 9.06. The molecule has 0 fully saturated rings. The van der Waals surface area contributed by atoms with Gasteiger partial charge < -0.3 is 0 Å². The van der Waals surface area contributed by atoms with Gasteiger partial charge in [0.25, 0.3) is 0 Å². The van der Waals surface area contributed by atoms with E-state index < -0.39 is 5.96 Å². The van der Waals surface area contributed by atoms with Crippen molar-refractivity contribution in [2.24, 2.45) is 0 Å². The van der Waals surface area contributed by atoms with Gasteiger partial charge in [-0.1, -0.05) is 0 Å². The molecule has 0 radical (unpaired) electrons. The van der Waals surface area contributed by atoms with Gasteiger partial charge in [-0.3, -0.25) is 0 Å². The zero-order chi connectivity index (χ0) is 40.1. The average molecular weight is 848 g/mol. The van der Waals surface area contributed by atoms with E-state index in [2.05, 4.69) is 205 Å². The van der Waals surface area contributed by atoms with Crippen LogP contribution in [0, 0.1) is 0 Å². The summed E-state index contributed by atoms with van der Waals surface area (Å²) in [5.74, 6) is -3.89. The fourth-order valence-corrected chi connectivity index (χ4v) is 16.9. The van der Waals surface area contributed by atoms with Crippen LogP contribution < -0.4 is 15.9 Å². The molecule has 0 unspecified atom stereocenters. The number of pyridine rings is 1. The number of benzene rings is 7. The molecule has 0 saturated carbocycles. The summed E-state index contributed by atoms with van der Waals surface area (Å²) in [5, 5.41) is 17.3. The quantitative estimate of drug-likeness (QED) is 0.136. The molecule has 0 spiro atoms. The third kappa shape index (κ3) is 5.94. The van der Waals surface area contributed by atoms with Crippen molar-refractivity contribution in [1.29, 1.82) is 0 Å². The van der Waals surface area contributed by atoms with Gasteiger partial charge in [0.2, 0.25) is 0 Å². The molecule has 0 saturated heterocycles. The molecule has 4 heterocycles. The number of fused-ring (bicyclic) bond motifs is 3. The molecule has 8 heteroatoms. The van der Waals surface area contributed by atoms with Crippen LogP contribution in [0.1, 0.15) is 5.69 Å². The summed E-state index contributed by atoms with van der Waals surface area (Å²) in [6.45, 7) is 0. The molecule has 0 aliphatic carbocycles. The number of halogens is 1. The van der Waals surface area contributed by atoms with Crippen molar-refractivity contribution in [3.05, 3.63) is 206 Å². The topological polar surface area (TPSA) is 51.8 Å². The third-order valence-corrected chi connectivity index (χ3v) is 21.0. The predicted molar refractivity (Wildman–Crippen MR) is 257 cm³/mol. The summed E-state index contributed by atoms with van der Waals surface area (Å²) in [5.41, 5.74) is 6.09. The van der Waals surface area contributed by atoms with Crippen LogP contribution in [-0.4, -0.2) is 15.3 Å². The van der Waals surface area contributed by atoms with Gasteiger partial charge in [-0.05, 0) is 0 Å². The van der Waals surface area contributed by atoms with Gasteiger partial charge in [-0.2, -0.15) is 0 Å². The first kappa shape index (κ1) is 36.8. The number of rotatable bonds is 9. The van der Waals surface area contributed by atoms with Crippen molar-refractivity contribution < 1.29 is 4.63 Å². The summed E-state index contributed by atoms with van der Waals surface area (Å²) in [6, 6.07) is 70.5. The van der Waals surface area contributed by atoms with E-state index in [4.69, 9.17) is 26.0 Å². The van der Waals surface area contributed by atoms with E-state index in [9.17, 15) is 0 Å². The second-order valence-electron chi connectivity index (χ2n) is 15.0. The summed E-state index contributed by atoms with van der Waals surface area (Å²) in [7, 11) is 0. The molecule has 288 valence electrons. The SMILES string of the molecule is ClP(Cc1nc(-c2ccc(-c3cccc4ccccc34)s2)c2nonc2c1-c1ccc(-c2cccc3ccccc23)s1)(c1ccccc1)(c1ccccc1)c1ccccc1. The second kappa shape index (κ2) is 14.8. The fraction of sp³-hybridized carbons (Fsp3) is 0.0192. The molecule has 0 N–H and O–H groups in total. The molecule has 4 aromatic heterocycles. The van der Waals surface area contributed by atoms with Crippen LogP contribution in [0.2, 0.25) is 0 Å². The molecule has 7 aromatic carbocycles. The number of thiophene rings is 2. The van der Waals surface area contributed by atoms with E-state index in [1.54, 1.807) is 22.7 Å². The minimum atomic E-state index is -3.89. The Morgan fingerprint density at radius 3 is 1.42 bits per heavy atom. The van der Waals surface area contributed by atoms with Gasteiger partial charge in [-0.25, -0.2) is 0 Å². The first-order valence-corrected chi connectivity index (χ1v) is 24.7. The Balaban J connectivity index is 1.18. The van der Waals surface area contributed by atoms with Crippen LogP contribution in [0.5, 0.6) is 0 Å². The maximum atomic E-state index is 8.83. The Morgan fingerprint density at radius 1 is 0.433 bits per heavy atom. The van der Waals surface area contributed by atoms with Gasteiger partial charge >= 0.3 is 362 Å². The molecular formula is C52H35ClN3OPS2. The summed E-state index contributed by atoms with van der Waals surface area (Å²) < 4.78 is 5.70. The molecule has 0 bridgehead atoms. The van der Waals surface area contributed by atoms with Crippen LogP contribution in [0.4, 0.5) is 0 Å². The van der Waals surface area contributed by atoms with E-state index >= 15 is 0 Å². The van der Waals surface area contributed by atoms with Crippen molar-refractivity contribution in [3.63, 3.8) is 0 Å². The van der Waals surface area contributed by atoms with Crippen LogP contribution in [0.3, 0.4) is 0 Å². The van der Waals surface area contributed by atoms with Crippen molar-refractivity contribution >= 4 is 88.4 Å². The van der Waals surface area contributed by atoms with Gasteiger partial charge in [0.15, 0.2) is 0 Å². The molecular weight excluding hydrogens is 813 g/mol. The zero-order valence-corrected chi connectivity index (χ0v) is 35.4. The van der Waals surface area contributed by atoms with E-state index in [-0.39, 0.29) is 0 Å². The Labute approximate surface area is 360 Å². The summed E-state index contributed by atoms with van der Waals surface area (Å²) in [4.78, 5) is 10.0. The molecule has 0 aliphatic rings. The van der Waals surface area contributed by atoms with E-state index in [1.165, 1.54) is 32.7 Å². The Bertz CT molecular complexity index is 3240. The predicted octanol–water partition coefficient (Wildman–Crippen LogP) is 13.9. The molecule has 11 rings (SSSR count). The van der Waals surface area contributed by atoms with E-state index in [0.717, 1.165) is 52.4 Å². The number of hydrogen-bond acceptors (Lipinski definition) is 6. The van der Waals surface area contributed by atoms with Gasteiger partial charge in [0.1, 0.15) is 0 Å². The molecule has 0 amide bonds. The van der Waals surface area contributed by atoms with Crippen LogP contribution in [0.25, 0.3) is 74.5 Å². The molecule has 60 heavy (non-hydrogen) atoms. The van der Waals surface area contributed by atoms with E-state index in [1.807, 2.05) is 0 Å². The first-order valence-electron chi connectivity index (χ1n) is 19.8. The maximum absolute atomic E-state index is 8.83. The number of hydrogen-bond donors (Lipinski definition) is 0. The monoisotopic (exact) mass is 847 g/mol. The van der Waals surface area contributed by atoms with Crippen LogP contribution >= 0.6 is 39.9 Å². The Hall–Kier alpha value is -6.27. The molecule has 11 aromatic rings. The molecule has 0 atom stereocenters. The first-order chi connectivity index (χ1) is 29.6.